The van der Waals surface area contributed by atoms with Gasteiger partial charge in [0.15, 0.2) is 0 Å². The number of nitrogens with zero attached hydrogens (tertiary/aromatic N) is 2. The van der Waals surface area contributed by atoms with Crippen LogP contribution in [-0.2, 0) is 9.59 Å². The Bertz CT molecular complexity index is 508. The molecule has 0 saturated heterocycles. The first-order valence-corrected chi connectivity index (χ1v) is 10.2. The smallest absolute Gasteiger partial charge is 0.227 e. The Hall–Kier alpha value is -1.32. The Kier molecular flexibility index (Phi) is 6.70. The fraction of sp³-hybridized carbons (Fsp3) is 0.810. The first-order chi connectivity index (χ1) is 12.0. The van der Waals surface area contributed by atoms with Gasteiger partial charge >= 0.3 is 0 Å². The summed E-state index contributed by atoms with van der Waals surface area (Å²) in [7, 11) is 0. The van der Waals surface area contributed by atoms with Gasteiger partial charge in [-0.15, -0.1) is 0 Å². The van der Waals surface area contributed by atoms with E-state index in [0.717, 1.165) is 12.8 Å². The van der Waals surface area contributed by atoms with Gasteiger partial charge in [0.05, 0.1) is 5.92 Å². The average molecular weight is 349 g/mol. The van der Waals surface area contributed by atoms with Gasteiger partial charge in [-0.05, 0) is 52.4 Å². The Morgan fingerprint density at radius 1 is 1.04 bits per heavy atom. The maximum Gasteiger partial charge on any atom is 0.227 e. The molecule has 0 aliphatic heterocycles. The molecular weight excluding hydrogens is 312 g/mol. The third-order valence-electron chi connectivity index (χ3n) is 6.65. The van der Waals surface area contributed by atoms with E-state index in [1.54, 1.807) is 0 Å². The summed E-state index contributed by atoms with van der Waals surface area (Å²) in [6.45, 7) is 13.2. The van der Waals surface area contributed by atoms with Crippen LogP contribution in [0.15, 0.2) is 12.2 Å². The molecule has 4 heteroatoms. The lowest BCUT2D eigenvalue weighted by Gasteiger charge is -2.41. The quantitative estimate of drug-likeness (QED) is 0.596. The van der Waals surface area contributed by atoms with Crippen LogP contribution >= 0.6 is 0 Å². The molecule has 1 fully saturated rings. The van der Waals surface area contributed by atoms with Gasteiger partial charge in [-0.2, -0.15) is 0 Å². The van der Waals surface area contributed by atoms with E-state index in [9.17, 15) is 9.59 Å². The molecule has 2 aliphatic carbocycles. The highest BCUT2D eigenvalue weighted by Gasteiger charge is 2.55. The fourth-order valence-corrected chi connectivity index (χ4v) is 5.19. The molecule has 25 heavy (non-hydrogen) atoms. The maximum atomic E-state index is 13.4. The summed E-state index contributed by atoms with van der Waals surface area (Å²) in [5.41, 5.74) is -0.109. The number of hydrogen-bond acceptors (Lipinski definition) is 2. The van der Waals surface area contributed by atoms with Gasteiger partial charge in [0.1, 0.15) is 0 Å². The van der Waals surface area contributed by atoms with Gasteiger partial charge in [-0.25, -0.2) is 0 Å². The standard InChI is InChI=1S/C21H36N2O2/c1-6-17-13-16-11-12-21(17,15-16)18(20(25)23(9-4)10-5)14-19(24)22(7-2)8-3/h11-12,16-18H,6-10,13-15H2,1-5H3. The van der Waals surface area contributed by atoms with Crippen molar-refractivity contribution in [2.45, 2.75) is 60.3 Å². The minimum Gasteiger partial charge on any atom is -0.343 e. The van der Waals surface area contributed by atoms with Gasteiger partial charge in [0, 0.05) is 38.0 Å². The SMILES string of the molecule is CCC1CC2C=CC1(C(CC(=O)N(CC)CC)C(=O)N(CC)CC)C2. The summed E-state index contributed by atoms with van der Waals surface area (Å²) in [5, 5.41) is 0. The van der Waals surface area contributed by atoms with Crippen molar-refractivity contribution < 1.29 is 9.59 Å². The maximum absolute atomic E-state index is 13.4. The molecule has 4 atom stereocenters. The zero-order chi connectivity index (χ0) is 18.6. The van der Waals surface area contributed by atoms with Gasteiger partial charge in [0.25, 0.3) is 0 Å². The summed E-state index contributed by atoms with van der Waals surface area (Å²) in [4.78, 5) is 30.1. The highest BCUT2D eigenvalue weighted by Crippen LogP contribution is 2.59. The molecule has 142 valence electrons. The van der Waals surface area contributed by atoms with Crippen molar-refractivity contribution in [1.29, 1.82) is 0 Å². The topological polar surface area (TPSA) is 40.6 Å². The van der Waals surface area contributed by atoms with Gasteiger partial charge in [-0.1, -0.05) is 25.5 Å². The van der Waals surface area contributed by atoms with Crippen LogP contribution in [0.5, 0.6) is 0 Å². The number of carbonyl (C=O) groups excluding carboxylic acids is 2. The molecule has 0 radical (unpaired) electrons. The van der Waals surface area contributed by atoms with Crippen LogP contribution in [-0.4, -0.2) is 47.8 Å². The minimum atomic E-state index is -0.214. The third kappa shape index (κ3) is 3.63. The molecule has 2 aliphatic rings. The molecule has 4 unspecified atom stereocenters. The Balaban J connectivity index is 2.34. The Morgan fingerprint density at radius 2 is 1.64 bits per heavy atom. The van der Waals surface area contributed by atoms with Crippen molar-refractivity contribution >= 4 is 11.8 Å². The number of rotatable bonds is 9. The molecule has 2 amide bonds. The average Bonchev–Trinajstić information content (AvgIpc) is 3.20. The largest absolute Gasteiger partial charge is 0.343 e. The predicted molar refractivity (Wildman–Crippen MR) is 102 cm³/mol. The highest BCUT2D eigenvalue weighted by atomic mass is 16.2. The second kappa shape index (κ2) is 8.37. The summed E-state index contributed by atoms with van der Waals surface area (Å²) in [5.74, 6) is 1.21. The number of amides is 2. The van der Waals surface area contributed by atoms with Crippen molar-refractivity contribution in [1.82, 2.24) is 9.80 Å². The van der Waals surface area contributed by atoms with E-state index in [1.807, 2.05) is 37.5 Å². The minimum absolute atomic E-state index is 0.109. The van der Waals surface area contributed by atoms with E-state index in [0.29, 0.717) is 44.4 Å². The van der Waals surface area contributed by atoms with E-state index >= 15 is 0 Å². The van der Waals surface area contributed by atoms with E-state index in [-0.39, 0.29) is 23.1 Å². The van der Waals surface area contributed by atoms with Crippen molar-refractivity contribution in [3.63, 3.8) is 0 Å². The normalized spacial score (nSPS) is 28.2. The molecule has 0 heterocycles. The van der Waals surface area contributed by atoms with E-state index < -0.39 is 0 Å². The van der Waals surface area contributed by atoms with Crippen LogP contribution in [0, 0.1) is 23.2 Å². The highest BCUT2D eigenvalue weighted by molar-refractivity contribution is 5.87. The summed E-state index contributed by atoms with van der Waals surface area (Å²) in [6, 6.07) is 0. The number of fused-ring (bicyclic) bond motifs is 2. The van der Waals surface area contributed by atoms with Crippen molar-refractivity contribution in [3.8, 4) is 0 Å². The molecule has 0 aromatic heterocycles. The Labute approximate surface area is 153 Å². The zero-order valence-corrected chi connectivity index (χ0v) is 16.8. The predicted octanol–water partition coefficient (Wildman–Crippen LogP) is 3.72. The first-order valence-electron chi connectivity index (χ1n) is 10.2. The van der Waals surface area contributed by atoms with Gasteiger partial charge < -0.3 is 9.80 Å². The zero-order valence-electron chi connectivity index (χ0n) is 16.8. The molecule has 0 spiro atoms. The lowest BCUT2D eigenvalue weighted by molar-refractivity contribution is -0.145. The lowest BCUT2D eigenvalue weighted by atomic mass is 9.65. The molecule has 0 aromatic carbocycles. The molecule has 2 rings (SSSR count). The van der Waals surface area contributed by atoms with E-state index in [1.165, 1.54) is 6.42 Å². The molecule has 1 saturated carbocycles. The van der Waals surface area contributed by atoms with Crippen LogP contribution < -0.4 is 0 Å². The number of hydrogen-bond donors (Lipinski definition) is 0. The van der Waals surface area contributed by atoms with Crippen LogP contribution in [0.4, 0.5) is 0 Å². The van der Waals surface area contributed by atoms with Gasteiger partial charge in [0.2, 0.25) is 11.8 Å². The van der Waals surface area contributed by atoms with Crippen molar-refractivity contribution in [2.75, 3.05) is 26.2 Å². The first kappa shape index (κ1) is 20.0. The molecule has 2 bridgehead atoms. The van der Waals surface area contributed by atoms with Crippen LogP contribution in [0.25, 0.3) is 0 Å². The summed E-state index contributed by atoms with van der Waals surface area (Å²) in [6.07, 6.45) is 8.27. The second-order valence-corrected chi connectivity index (χ2v) is 7.61. The molecule has 0 aromatic rings. The van der Waals surface area contributed by atoms with E-state index in [2.05, 4.69) is 19.1 Å². The molecule has 0 N–H and O–H groups in total. The molecule has 4 nitrogen and oxygen atoms in total. The van der Waals surface area contributed by atoms with Crippen LogP contribution in [0.1, 0.15) is 60.3 Å². The lowest BCUT2D eigenvalue weighted by Crippen LogP contribution is -2.47. The second-order valence-electron chi connectivity index (χ2n) is 7.61. The van der Waals surface area contributed by atoms with Crippen LogP contribution in [0.2, 0.25) is 0 Å². The number of allylic oxidation sites excluding steroid dienone is 2. The van der Waals surface area contributed by atoms with Crippen LogP contribution in [0.3, 0.4) is 0 Å². The monoisotopic (exact) mass is 348 g/mol. The number of carbonyl (C=O) groups is 2. The molecular formula is C21H36N2O2. The van der Waals surface area contributed by atoms with E-state index in [4.69, 9.17) is 0 Å². The third-order valence-corrected chi connectivity index (χ3v) is 6.65. The Morgan fingerprint density at radius 3 is 2.12 bits per heavy atom. The van der Waals surface area contributed by atoms with Crippen molar-refractivity contribution in [3.05, 3.63) is 12.2 Å². The van der Waals surface area contributed by atoms with Gasteiger partial charge in [-0.3, -0.25) is 9.59 Å². The summed E-state index contributed by atoms with van der Waals surface area (Å²) < 4.78 is 0. The summed E-state index contributed by atoms with van der Waals surface area (Å²) >= 11 is 0. The fourth-order valence-electron chi connectivity index (χ4n) is 5.19. The van der Waals surface area contributed by atoms with Crippen molar-refractivity contribution in [2.24, 2.45) is 23.2 Å².